The van der Waals surface area contributed by atoms with Crippen LogP contribution in [0.2, 0.25) is 0 Å². The molecule has 2 aliphatic heterocycles. The Morgan fingerprint density at radius 2 is 1.46 bits per heavy atom. The second-order valence-corrected chi connectivity index (χ2v) is 6.37. The highest BCUT2D eigenvalue weighted by Crippen LogP contribution is 2.55. The third kappa shape index (κ3) is 1.58. The Morgan fingerprint density at radius 3 is 2.04 bits per heavy atom. The van der Waals surface area contributed by atoms with E-state index in [1.807, 2.05) is 60.7 Å². The Hall–Kier alpha value is -2.60. The first kappa shape index (κ1) is 15.0. The quantitative estimate of drug-likeness (QED) is 0.854. The molecule has 0 aliphatic carbocycles. The van der Waals surface area contributed by atoms with Gasteiger partial charge in [-0.3, -0.25) is 9.80 Å². The monoisotopic (exact) mass is 339 g/mol. The van der Waals surface area contributed by atoms with Crippen molar-refractivity contribution in [2.45, 2.75) is 11.4 Å². The molecular weight excluding hydrogens is 322 g/mol. The van der Waals surface area contributed by atoms with Gasteiger partial charge in [0.2, 0.25) is 5.66 Å². The summed E-state index contributed by atoms with van der Waals surface area (Å²) < 4.78 is 6.15. The second kappa shape index (κ2) is 4.95. The molecule has 2 aromatic rings. The van der Waals surface area contributed by atoms with E-state index in [1.165, 1.54) is 0 Å². The van der Waals surface area contributed by atoms with Crippen molar-refractivity contribution < 1.29 is 9.53 Å². The van der Waals surface area contributed by atoms with E-state index < -0.39 is 11.4 Å². The highest BCUT2D eigenvalue weighted by atomic mass is 32.1. The average molecular weight is 339 g/mol. The van der Waals surface area contributed by atoms with Gasteiger partial charge in [0.25, 0.3) is 10.9 Å². The number of nitrogens with zero attached hydrogens (tertiary/aromatic N) is 2. The number of nitrogens with one attached hydrogen (secondary N) is 1. The minimum atomic E-state index is -1.07. The predicted octanol–water partition coefficient (Wildman–Crippen LogP) is 2.59. The van der Waals surface area contributed by atoms with Crippen LogP contribution in [0.15, 0.2) is 60.7 Å². The molecule has 2 unspecified atom stereocenters. The maximum absolute atomic E-state index is 12.9. The molecule has 4 rings (SSSR count). The van der Waals surface area contributed by atoms with Crippen LogP contribution in [0.3, 0.4) is 0 Å². The third-order valence-electron chi connectivity index (χ3n) is 4.92. The first-order valence-corrected chi connectivity index (χ1v) is 8.08. The van der Waals surface area contributed by atoms with Crippen LogP contribution in [0.25, 0.3) is 0 Å². The van der Waals surface area contributed by atoms with E-state index >= 15 is 0 Å². The topological polar surface area (TPSA) is 44.8 Å². The Kier molecular flexibility index (Phi) is 3.08. The van der Waals surface area contributed by atoms with Gasteiger partial charge in [0, 0.05) is 25.2 Å². The summed E-state index contributed by atoms with van der Waals surface area (Å²) in [6.07, 6.45) is 0. The van der Waals surface area contributed by atoms with Crippen molar-refractivity contribution in [1.29, 1.82) is 0 Å². The number of rotatable bonds is 2. The van der Waals surface area contributed by atoms with Crippen molar-refractivity contribution in [3.8, 4) is 0 Å². The van der Waals surface area contributed by atoms with E-state index in [0.717, 1.165) is 11.1 Å². The third-order valence-corrected chi connectivity index (χ3v) is 5.11. The number of benzene rings is 2. The molecule has 0 saturated carbocycles. The van der Waals surface area contributed by atoms with Crippen molar-refractivity contribution in [3.05, 3.63) is 71.8 Å². The molecule has 6 heteroatoms. The largest absolute Gasteiger partial charge is 0.434 e. The van der Waals surface area contributed by atoms with Crippen LogP contribution >= 0.6 is 12.2 Å². The summed E-state index contributed by atoms with van der Waals surface area (Å²) >= 11 is 5.36. The number of thiocarbonyl (C=S) groups is 1. The van der Waals surface area contributed by atoms with Crippen molar-refractivity contribution in [3.63, 3.8) is 0 Å². The maximum Gasteiger partial charge on any atom is 0.325 e. The molecule has 2 saturated heterocycles. The summed E-state index contributed by atoms with van der Waals surface area (Å²) in [6, 6.07) is 19.4. The number of urea groups is 1. The van der Waals surface area contributed by atoms with Gasteiger partial charge in [-0.15, -0.1) is 0 Å². The maximum atomic E-state index is 12.9. The number of ether oxygens (including phenoxy) is 1. The summed E-state index contributed by atoms with van der Waals surface area (Å²) in [4.78, 5) is 16.1. The van der Waals surface area contributed by atoms with Crippen molar-refractivity contribution >= 4 is 23.4 Å². The normalized spacial score (nSPS) is 28.6. The second-order valence-electron chi connectivity index (χ2n) is 6.00. The van der Waals surface area contributed by atoms with Gasteiger partial charge in [0.15, 0.2) is 0 Å². The Morgan fingerprint density at radius 1 is 0.917 bits per heavy atom. The number of fused-ring (bicyclic) bond motifs is 1. The predicted molar refractivity (Wildman–Crippen MR) is 94.0 cm³/mol. The van der Waals surface area contributed by atoms with Gasteiger partial charge in [0.1, 0.15) is 0 Å². The van der Waals surface area contributed by atoms with E-state index in [9.17, 15) is 4.79 Å². The van der Waals surface area contributed by atoms with Gasteiger partial charge in [-0.1, -0.05) is 60.7 Å². The minimum absolute atomic E-state index is 0.141. The highest BCUT2D eigenvalue weighted by molar-refractivity contribution is 7.80. The Balaban J connectivity index is 2.07. The van der Waals surface area contributed by atoms with Crippen molar-refractivity contribution in [2.75, 3.05) is 14.1 Å². The molecule has 2 aromatic carbocycles. The van der Waals surface area contributed by atoms with E-state index in [1.54, 1.807) is 23.9 Å². The van der Waals surface area contributed by atoms with Crippen LogP contribution in [-0.2, 0) is 16.1 Å². The lowest BCUT2D eigenvalue weighted by Crippen LogP contribution is -2.58. The lowest BCUT2D eigenvalue weighted by atomic mass is 9.83. The molecular formula is C18H17N3O2S. The summed E-state index contributed by atoms with van der Waals surface area (Å²) in [6.45, 7) is 0. The first-order valence-electron chi connectivity index (χ1n) is 7.68. The minimum Gasteiger partial charge on any atom is -0.434 e. The zero-order chi connectivity index (χ0) is 16.9. The summed E-state index contributed by atoms with van der Waals surface area (Å²) in [5.41, 5.74) is -0.229. The molecule has 0 radical (unpaired) electrons. The van der Waals surface area contributed by atoms with Gasteiger partial charge in [-0.2, -0.15) is 0 Å². The number of hydrogen-bond donors (Lipinski definition) is 1. The molecule has 2 fully saturated rings. The van der Waals surface area contributed by atoms with Crippen LogP contribution in [-0.4, -0.2) is 35.1 Å². The Bertz CT molecular complexity index is 748. The van der Waals surface area contributed by atoms with E-state index in [2.05, 4.69) is 5.32 Å². The molecule has 1 N–H and O–H groups in total. The van der Waals surface area contributed by atoms with Crippen LogP contribution in [0, 0.1) is 0 Å². The standard InChI is InChI=1S/C18H17N3O2S/c1-20-16(22)21(2)18(14-11-7-4-8-12-14)17(20,19-15(24)23-18)13-9-5-3-6-10-13/h3-12H,1-2H3,(H,19,24). The molecule has 2 heterocycles. The number of carbonyl (C=O) groups excluding carboxylic acids is 1. The molecule has 2 atom stereocenters. The zero-order valence-electron chi connectivity index (χ0n) is 13.4. The van der Waals surface area contributed by atoms with Gasteiger partial charge in [0.05, 0.1) is 0 Å². The first-order chi connectivity index (χ1) is 11.5. The van der Waals surface area contributed by atoms with Crippen LogP contribution in [0.5, 0.6) is 0 Å². The van der Waals surface area contributed by atoms with Gasteiger partial charge < -0.3 is 10.1 Å². The van der Waals surface area contributed by atoms with Crippen LogP contribution in [0.4, 0.5) is 4.79 Å². The number of amides is 2. The highest BCUT2D eigenvalue weighted by Gasteiger charge is 2.73. The fraction of sp³-hybridized carbons (Fsp3) is 0.222. The fourth-order valence-electron chi connectivity index (χ4n) is 3.86. The number of hydrogen-bond acceptors (Lipinski definition) is 3. The van der Waals surface area contributed by atoms with Crippen LogP contribution < -0.4 is 5.32 Å². The number of likely N-dealkylation sites (N-methyl/N-ethyl adjacent to an activating group) is 2. The molecule has 2 amide bonds. The molecule has 5 nitrogen and oxygen atoms in total. The van der Waals surface area contributed by atoms with Crippen LogP contribution in [0.1, 0.15) is 11.1 Å². The van der Waals surface area contributed by atoms with Gasteiger partial charge >= 0.3 is 6.03 Å². The van der Waals surface area contributed by atoms with Gasteiger partial charge in [-0.25, -0.2) is 4.79 Å². The number of carbonyl (C=O) groups is 1. The summed E-state index contributed by atoms with van der Waals surface area (Å²) in [5.74, 6) is 0. The van der Waals surface area contributed by atoms with Gasteiger partial charge in [-0.05, 0) is 12.2 Å². The van der Waals surface area contributed by atoms with E-state index in [4.69, 9.17) is 17.0 Å². The smallest absolute Gasteiger partial charge is 0.325 e. The SMILES string of the molecule is CN1C(=O)N(C)C2(c3ccccc3)OC(=S)NC12c1ccccc1. The zero-order valence-corrected chi connectivity index (χ0v) is 14.2. The van der Waals surface area contributed by atoms with Crippen molar-refractivity contribution in [1.82, 2.24) is 15.1 Å². The van der Waals surface area contributed by atoms with Crippen molar-refractivity contribution in [2.24, 2.45) is 0 Å². The summed E-state index contributed by atoms with van der Waals surface area (Å²) in [5, 5.41) is 3.54. The average Bonchev–Trinajstić information content (AvgIpc) is 3.02. The molecule has 0 aromatic heterocycles. The van der Waals surface area contributed by atoms with E-state index in [-0.39, 0.29) is 11.2 Å². The Labute approximate surface area is 145 Å². The molecule has 122 valence electrons. The van der Waals surface area contributed by atoms with E-state index in [0.29, 0.717) is 0 Å². The summed E-state index contributed by atoms with van der Waals surface area (Å²) in [7, 11) is 3.51. The molecule has 0 spiro atoms. The molecule has 24 heavy (non-hydrogen) atoms. The lowest BCUT2D eigenvalue weighted by molar-refractivity contribution is -0.0885. The lowest BCUT2D eigenvalue weighted by Gasteiger charge is -2.41. The molecule has 0 bridgehead atoms. The molecule has 2 aliphatic rings. The fourth-order valence-corrected chi connectivity index (χ4v) is 4.13.